The summed E-state index contributed by atoms with van der Waals surface area (Å²) in [6, 6.07) is 8.24. The largest absolute Gasteiger partial charge is 0.372 e. The summed E-state index contributed by atoms with van der Waals surface area (Å²) in [5.41, 5.74) is 5.40. The van der Waals surface area contributed by atoms with Gasteiger partial charge in [0.1, 0.15) is 0 Å². The summed E-state index contributed by atoms with van der Waals surface area (Å²) in [4.78, 5) is 14.5. The summed E-state index contributed by atoms with van der Waals surface area (Å²) in [7, 11) is -3.06. The number of anilines is 1. The van der Waals surface area contributed by atoms with Crippen molar-refractivity contribution in [3.05, 3.63) is 29.8 Å². The van der Waals surface area contributed by atoms with Crippen LogP contribution in [0, 0.1) is 5.92 Å². The summed E-state index contributed by atoms with van der Waals surface area (Å²) >= 11 is 0. The fraction of sp³-hybridized carbons (Fsp3) is 0.579. The first-order valence-electron chi connectivity index (χ1n) is 9.34. The van der Waals surface area contributed by atoms with Crippen molar-refractivity contribution in [1.82, 2.24) is 5.43 Å². The molecule has 0 saturated carbocycles. The molecule has 2 fully saturated rings. The molecule has 0 aliphatic carbocycles. The predicted octanol–water partition coefficient (Wildman–Crippen LogP) is 2.34. The molecule has 0 bridgehead atoms. The van der Waals surface area contributed by atoms with Crippen molar-refractivity contribution in [2.24, 2.45) is 11.0 Å². The summed E-state index contributed by atoms with van der Waals surface area (Å²) in [6.07, 6.45) is 5.48. The third kappa shape index (κ3) is 4.84. The van der Waals surface area contributed by atoms with E-state index in [9.17, 15) is 13.2 Å². The minimum Gasteiger partial charge on any atom is -0.372 e. The van der Waals surface area contributed by atoms with Gasteiger partial charge in [-0.3, -0.25) is 4.79 Å². The van der Waals surface area contributed by atoms with Gasteiger partial charge in [-0.15, -0.1) is 0 Å². The maximum absolute atomic E-state index is 12.1. The predicted molar refractivity (Wildman–Crippen MR) is 104 cm³/mol. The lowest BCUT2D eigenvalue weighted by atomic mass is 10.1. The van der Waals surface area contributed by atoms with E-state index in [1.165, 1.54) is 31.4 Å². The van der Waals surface area contributed by atoms with Crippen LogP contribution in [0.15, 0.2) is 29.4 Å². The molecule has 6 nitrogen and oxygen atoms in total. The van der Waals surface area contributed by atoms with Crippen LogP contribution in [0.4, 0.5) is 5.69 Å². The molecule has 26 heavy (non-hydrogen) atoms. The first-order chi connectivity index (χ1) is 12.4. The number of carbonyl (C=O) groups is 1. The van der Waals surface area contributed by atoms with E-state index in [1.54, 1.807) is 0 Å². The van der Waals surface area contributed by atoms with Crippen molar-refractivity contribution >= 4 is 27.1 Å². The van der Waals surface area contributed by atoms with Crippen LogP contribution in [-0.2, 0) is 14.6 Å². The van der Waals surface area contributed by atoms with Gasteiger partial charge in [0.05, 0.1) is 23.1 Å². The fourth-order valence-electron chi connectivity index (χ4n) is 3.54. The molecule has 2 heterocycles. The Kier molecular flexibility index (Phi) is 5.96. The summed E-state index contributed by atoms with van der Waals surface area (Å²) < 4.78 is 22.9. The van der Waals surface area contributed by atoms with Crippen LogP contribution < -0.4 is 10.3 Å². The highest BCUT2D eigenvalue weighted by molar-refractivity contribution is 7.91. The van der Waals surface area contributed by atoms with Crippen LogP contribution in [0.5, 0.6) is 0 Å². The van der Waals surface area contributed by atoms with Crippen molar-refractivity contribution in [3.63, 3.8) is 0 Å². The molecule has 0 spiro atoms. The zero-order valence-corrected chi connectivity index (χ0v) is 16.1. The second kappa shape index (κ2) is 8.20. The van der Waals surface area contributed by atoms with Crippen LogP contribution >= 0.6 is 0 Å². The minimum atomic E-state index is -3.06. The van der Waals surface area contributed by atoms with Crippen LogP contribution in [0.25, 0.3) is 0 Å². The Morgan fingerprint density at radius 3 is 2.35 bits per heavy atom. The molecule has 2 saturated heterocycles. The molecule has 3 rings (SSSR count). The first-order valence-corrected chi connectivity index (χ1v) is 11.2. The van der Waals surface area contributed by atoms with Gasteiger partial charge in [-0.1, -0.05) is 25.0 Å². The maximum Gasteiger partial charge on any atom is 0.244 e. The number of rotatable bonds is 4. The molecular formula is C19H27N3O3S. The summed E-state index contributed by atoms with van der Waals surface area (Å²) in [5.74, 6) is -0.780. The normalized spacial score (nSPS) is 23.5. The molecule has 2 aliphatic rings. The van der Waals surface area contributed by atoms with E-state index in [-0.39, 0.29) is 17.4 Å². The number of nitrogens with zero attached hydrogens (tertiary/aromatic N) is 2. The van der Waals surface area contributed by atoms with Gasteiger partial charge in [0.15, 0.2) is 9.84 Å². The highest BCUT2D eigenvalue weighted by Crippen LogP contribution is 2.21. The molecule has 142 valence electrons. The average Bonchev–Trinajstić information content (AvgIpc) is 2.84. The molecule has 1 N–H and O–H groups in total. The van der Waals surface area contributed by atoms with E-state index in [0.29, 0.717) is 12.1 Å². The van der Waals surface area contributed by atoms with E-state index in [4.69, 9.17) is 0 Å². The Balaban J connectivity index is 1.59. The summed E-state index contributed by atoms with van der Waals surface area (Å²) in [5, 5.41) is 4.15. The smallest absolute Gasteiger partial charge is 0.244 e. The quantitative estimate of drug-likeness (QED) is 0.645. The number of carbonyl (C=O) groups excluding carboxylic acids is 1. The van der Waals surface area contributed by atoms with E-state index in [1.807, 2.05) is 19.1 Å². The van der Waals surface area contributed by atoms with E-state index in [0.717, 1.165) is 18.7 Å². The van der Waals surface area contributed by atoms with Gasteiger partial charge in [0.25, 0.3) is 0 Å². The molecule has 7 heteroatoms. The molecule has 2 aliphatic heterocycles. The lowest BCUT2D eigenvalue weighted by molar-refractivity contribution is -0.124. The van der Waals surface area contributed by atoms with Gasteiger partial charge in [-0.2, -0.15) is 5.10 Å². The SMILES string of the molecule is C/C(=N/NC(=O)[C@@H]1CCS(=O)(=O)C1)c1ccc(N2CCCCCC2)cc1. The van der Waals surface area contributed by atoms with E-state index in [2.05, 4.69) is 27.6 Å². The number of nitrogens with one attached hydrogen (secondary N) is 1. The first kappa shape index (κ1) is 18.9. The van der Waals surface area contributed by atoms with Crippen LogP contribution in [0.1, 0.15) is 44.6 Å². The molecule has 1 aromatic carbocycles. The highest BCUT2D eigenvalue weighted by Gasteiger charge is 2.32. The number of hydrogen-bond acceptors (Lipinski definition) is 5. The third-order valence-corrected chi connectivity index (χ3v) is 6.96. The lowest BCUT2D eigenvalue weighted by Crippen LogP contribution is -2.28. The molecule has 0 unspecified atom stereocenters. The van der Waals surface area contributed by atoms with Crippen molar-refractivity contribution in [2.45, 2.75) is 39.0 Å². The Hall–Kier alpha value is -1.89. The highest BCUT2D eigenvalue weighted by atomic mass is 32.2. The topological polar surface area (TPSA) is 78.8 Å². The van der Waals surface area contributed by atoms with Crippen molar-refractivity contribution < 1.29 is 13.2 Å². The zero-order valence-electron chi connectivity index (χ0n) is 15.3. The monoisotopic (exact) mass is 377 g/mol. The van der Waals surface area contributed by atoms with Crippen molar-refractivity contribution in [3.8, 4) is 0 Å². The maximum atomic E-state index is 12.1. The second-order valence-electron chi connectivity index (χ2n) is 7.22. The van der Waals surface area contributed by atoms with Crippen LogP contribution in [0.3, 0.4) is 0 Å². The molecule has 1 atom stereocenters. The Bertz CT molecular complexity index is 764. The molecule has 0 aromatic heterocycles. The van der Waals surface area contributed by atoms with E-state index < -0.39 is 15.8 Å². The van der Waals surface area contributed by atoms with Crippen LogP contribution in [0.2, 0.25) is 0 Å². The van der Waals surface area contributed by atoms with Gasteiger partial charge in [0.2, 0.25) is 5.91 Å². The molecule has 1 aromatic rings. The number of hydrazone groups is 1. The Morgan fingerprint density at radius 2 is 1.77 bits per heavy atom. The number of sulfone groups is 1. The van der Waals surface area contributed by atoms with Gasteiger partial charge in [-0.05, 0) is 43.9 Å². The standard InChI is InChI=1S/C19H27N3O3S/c1-15(20-21-19(23)17-10-13-26(24,25)14-17)16-6-8-18(9-7-16)22-11-4-2-3-5-12-22/h6-9,17H,2-5,10-14H2,1H3,(H,21,23)/b20-15-/t17-/m1/s1. The molecule has 1 amide bonds. The number of hydrogen-bond donors (Lipinski definition) is 1. The molecule has 0 radical (unpaired) electrons. The van der Waals surface area contributed by atoms with Gasteiger partial charge in [-0.25, -0.2) is 13.8 Å². The fourth-order valence-corrected chi connectivity index (χ4v) is 5.28. The lowest BCUT2D eigenvalue weighted by Gasteiger charge is -2.22. The minimum absolute atomic E-state index is 0.0715. The van der Waals surface area contributed by atoms with Gasteiger partial charge in [0, 0.05) is 18.8 Å². The van der Waals surface area contributed by atoms with Crippen molar-refractivity contribution in [2.75, 3.05) is 29.5 Å². The Morgan fingerprint density at radius 1 is 1.12 bits per heavy atom. The van der Waals surface area contributed by atoms with Crippen molar-refractivity contribution in [1.29, 1.82) is 0 Å². The number of benzene rings is 1. The third-order valence-electron chi connectivity index (χ3n) is 5.19. The van der Waals surface area contributed by atoms with E-state index >= 15 is 0 Å². The zero-order chi connectivity index (χ0) is 18.6. The number of amides is 1. The van der Waals surface area contributed by atoms with Gasteiger partial charge < -0.3 is 4.90 Å². The summed E-state index contributed by atoms with van der Waals surface area (Å²) in [6.45, 7) is 4.05. The molecular weight excluding hydrogens is 350 g/mol. The van der Waals surface area contributed by atoms with Gasteiger partial charge >= 0.3 is 0 Å². The average molecular weight is 378 g/mol. The van der Waals surface area contributed by atoms with Crippen LogP contribution in [-0.4, -0.2) is 44.6 Å². The Labute approximate surface area is 155 Å². The second-order valence-corrected chi connectivity index (χ2v) is 9.45.